The molecule has 1 aromatic heterocycles. The van der Waals surface area contributed by atoms with Crippen molar-refractivity contribution >= 4 is 5.70 Å². The largest absolute Gasteiger partial charge is 0.306 e. The first-order chi connectivity index (χ1) is 8.24. The first-order valence-electron chi connectivity index (χ1n) is 5.97. The van der Waals surface area contributed by atoms with Gasteiger partial charge in [-0.1, -0.05) is 0 Å². The van der Waals surface area contributed by atoms with Crippen molar-refractivity contribution in [3.63, 3.8) is 0 Å². The van der Waals surface area contributed by atoms with Crippen LogP contribution in [0, 0.1) is 0 Å². The molecule has 3 heterocycles. The average molecular weight is 236 g/mol. The van der Waals surface area contributed by atoms with E-state index in [1.54, 1.807) is 0 Å². The van der Waals surface area contributed by atoms with Crippen LogP contribution < -0.4 is 16.4 Å². The second kappa shape index (κ2) is 4.05. The number of fused-ring (bicyclic) bond motifs is 1. The Balaban J connectivity index is 0.00000120. The Bertz CT molecular complexity index is 466. The Kier molecular flexibility index (Phi) is 2.53. The van der Waals surface area contributed by atoms with E-state index in [1.165, 1.54) is 5.69 Å². The van der Waals surface area contributed by atoms with Crippen LogP contribution in [0.15, 0.2) is 11.8 Å². The summed E-state index contributed by atoms with van der Waals surface area (Å²) in [6, 6.07) is 2.17. The minimum atomic E-state index is 0. The molecular weight excluding hydrogens is 216 g/mol. The lowest BCUT2D eigenvalue weighted by Crippen LogP contribution is -2.32. The van der Waals surface area contributed by atoms with Crippen LogP contribution in [0.1, 0.15) is 26.2 Å². The van der Waals surface area contributed by atoms with Crippen LogP contribution in [0.3, 0.4) is 0 Å². The summed E-state index contributed by atoms with van der Waals surface area (Å²) in [6.45, 7) is 5.15. The Morgan fingerprint density at radius 2 is 2.24 bits per heavy atom. The number of rotatable bonds is 1. The summed E-state index contributed by atoms with van der Waals surface area (Å²) in [5.41, 5.74) is 13.4. The molecule has 2 aliphatic heterocycles. The average Bonchev–Trinajstić information content (AvgIpc) is 2.82. The third kappa shape index (κ3) is 1.89. The lowest BCUT2D eigenvalue weighted by Gasteiger charge is -2.10. The number of hydrogen-bond donors (Lipinski definition) is 3. The molecule has 94 valence electrons. The van der Waals surface area contributed by atoms with Gasteiger partial charge in [0.2, 0.25) is 0 Å². The first kappa shape index (κ1) is 10.6. The molecule has 0 radical (unpaired) electrons. The van der Waals surface area contributed by atoms with E-state index in [9.17, 15) is 0 Å². The highest BCUT2D eigenvalue weighted by atomic mass is 15.6. The lowest BCUT2D eigenvalue weighted by molar-refractivity contribution is 0.332. The van der Waals surface area contributed by atoms with E-state index in [0.29, 0.717) is 0 Å². The summed E-state index contributed by atoms with van der Waals surface area (Å²) in [5, 5.41) is 4.67. The summed E-state index contributed by atoms with van der Waals surface area (Å²) in [5.74, 6) is 0. The Hall–Kier alpha value is -1.53. The monoisotopic (exact) mass is 236 g/mol. The Morgan fingerprint density at radius 1 is 1.35 bits per heavy atom. The molecule has 6 nitrogen and oxygen atoms in total. The molecule has 6 heteroatoms. The summed E-state index contributed by atoms with van der Waals surface area (Å²) in [6.07, 6.45) is 1.16. The maximum absolute atomic E-state index is 4.67. The summed E-state index contributed by atoms with van der Waals surface area (Å²) < 4.78 is 2.12. The predicted molar refractivity (Wildman–Crippen MR) is 67.3 cm³/mol. The molecule has 3 N–H and O–H groups in total. The van der Waals surface area contributed by atoms with E-state index in [1.807, 2.05) is 6.92 Å². The molecule has 2 aliphatic rings. The van der Waals surface area contributed by atoms with Crippen LogP contribution in [0.2, 0.25) is 0 Å². The van der Waals surface area contributed by atoms with Crippen molar-refractivity contribution in [1.29, 1.82) is 0 Å². The smallest absolute Gasteiger partial charge is 0.112 e. The van der Waals surface area contributed by atoms with Gasteiger partial charge in [-0.3, -0.25) is 4.68 Å². The molecule has 1 aromatic rings. The number of allylic oxidation sites excluding steroid dienone is 1. The quantitative estimate of drug-likeness (QED) is 0.653. The van der Waals surface area contributed by atoms with Gasteiger partial charge in [0.1, 0.15) is 5.69 Å². The van der Waals surface area contributed by atoms with Gasteiger partial charge in [-0.15, -0.1) is 0 Å². The van der Waals surface area contributed by atoms with Crippen molar-refractivity contribution in [2.45, 2.75) is 26.4 Å². The van der Waals surface area contributed by atoms with Crippen LogP contribution in [0.5, 0.6) is 0 Å². The number of nitrogens with zero attached hydrogens (tertiary/aromatic N) is 3. The van der Waals surface area contributed by atoms with E-state index in [0.717, 1.165) is 43.1 Å². The molecule has 0 atom stereocenters. The standard InChI is InChI=1S/C11H18N6.H2/c1-8-11(13-15-12-8)10-6-9-7-16(2)4-3-5-17(9)14-10;/h6,12-13,15H,3-5,7H2,1-2H3;1H. The molecule has 3 rings (SSSR count). The second-order valence-corrected chi connectivity index (χ2v) is 4.71. The SMILES string of the molecule is CC1=C(c2cc3n(n2)CCCN(C)C3)NNN1.[HH]. The summed E-state index contributed by atoms with van der Waals surface area (Å²) >= 11 is 0. The molecule has 0 saturated carbocycles. The molecule has 0 spiro atoms. The molecule has 0 amide bonds. The van der Waals surface area contributed by atoms with E-state index in [2.05, 4.69) is 44.2 Å². The van der Waals surface area contributed by atoms with Crippen LogP contribution in [-0.4, -0.2) is 28.3 Å². The highest BCUT2D eigenvalue weighted by Crippen LogP contribution is 2.19. The minimum Gasteiger partial charge on any atom is -0.306 e. The summed E-state index contributed by atoms with van der Waals surface area (Å²) in [4.78, 5) is 2.34. The summed E-state index contributed by atoms with van der Waals surface area (Å²) in [7, 11) is 2.16. The van der Waals surface area contributed by atoms with Crippen LogP contribution in [0.4, 0.5) is 0 Å². The van der Waals surface area contributed by atoms with Gasteiger partial charge in [0.25, 0.3) is 0 Å². The first-order valence-corrected chi connectivity index (χ1v) is 5.97. The van der Waals surface area contributed by atoms with Gasteiger partial charge >= 0.3 is 0 Å². The van der Waals surface area contributed by atoms with Crippen molar-refractivity contribution in [2.24, 2.45) is 0 Å². The van der Waals surface area contributed by atoms with Crippen molar-refractivity contribution < 1.29 is 1.43 Å². The molecule has 0 aliphatic carbocycles. The zero-order chi connectivity index (χ0) is 11.8. The van der Waals surface area contributed by atoms with Gasteiger partial charge in [0, 0.05) is 21.1 Å². The highest BCUT2D eigenvalue weighted by Gasteiger charge is 2.19. The normalized spacial score (nSPS) is 20.8. The number of hydrogen-bond acceptors (Lipinski definition) is 5. The Labute approximate surface area is 102 Å². The van der Waals surface area contributed by atoms with Gasteiger partial charge in [0.15, 0.2) is 0 Å². The maximum atomic E-state index is 4.67. The van der Waals surface area contributed by atoms with Gasteiger partial charge in [-0.25, -0.2) is 0 Å². The molecule has 0 unspecified atom stereocenters. The van der Waals surface area contributed by atoms with Crippen molar-refractivity contribution in [2.75, 3.05) is 13.6 Å². The fourth-order valence-electron chi connectivity index (χ4n) is 2.34. The van der Waals surface area contributed by atoms with Crippen molar-refractivity contribution in [1.82, 2.24) is 31.1 Å². The number of nitrogens with one attached hydrogen (secondary N) is 3. The number of aromatic nitrogens is 2. The van der Waals surface area contributed by atoms with Gasteiger partial charge in [-0.2, -0.15) is 10.6 Å². The van der Waals surface area contributed by atoms with E-state index in [-0.39, 0.29) is 1.43 Å². The fraction of sp³-hybridized carbons (Fsp3) is 0.545. The minimum absolute atomic E-state index is 0. The van der Waals surface area contributed by atoms with Gasteiger partial charge in [0.05, 0.1) is 17.1 Å². The topological polar surface area (TPSA) is 57.2 Å². The van der Waals surface area contributed by atoms with Gasteiger partial charge < -0.3 is 15.8 Å². The molecule has 0 saturated heterocycles. The molecule has 0 aromatic carbocycles. The van der Waals surface area contributed by atoms with Crippen molar-refractivity contribution in [3.05, 3.63) is 23.2 Å². The van der Waals surface area contributed by atoms with Gasteiger partial charge in [-0.05, 0) is 26.5 Å². The number of hydrazine groups is 2. The van der Waals surface area contributed by atoms with E-state index in [4.69, 9.17) is 0 Å². The highest BCUT2D eigenvalue weighted by molar-refractivity contribution is 5.64. The third-order valence-electron chi connectivity index (χ3n) is 3.27. The van der Waals surface area contributed by atoms with Crippen molar-refractivity contribution in [3.8, 4) is 0 Å². The maximum Gasteiger partial charge on any atom is 0.112 e. The lowest BCUT2D eigenvalue weighted by atomic mass is 10.2. The van der Waals surface area contributed by atoms with Crippen LogP contribution >= 0.6 is 0 Å². The molecule has 17 heavy (non-hydrogen) atoms. The predicted octanol–water partition coefficient (Wildman–Crippen LogP) is 0.266. The zero-order valence-electron chi connectivity index (χ0n) is 10.2. The van der Waals surface area contributed by atoms with E-state index < -0.39 is 0 Å². The zero-order valence-corrected chi connectivity index (χ0v) is 10.2. The molecular formula is C11H20N6. The molecule has 0 bridgehead atoms. The van der Waals surface area contributed by atoms with Crippen LogP contribution in [-0.2, 0) is 13.1 Å². The molecule has 0 fully saturated rings. The Morgan fingerprint density at radius 3 is 3.00 bits per heavy atom. The fourth-order valence-corrected chi connectivity index (χ4v) is 2.34. The van der Waals surface area contributed by atoms with Crippen LogP contribution in [0.25, 0.3) is 5.70 Å². The van der Waals surface area contributed by atoms with E-state index >= 15 is 0 Å². The third-order valence-corrected chi connectivity index (χ3v) is 3.27. The second-order valence-electron chi connectivity index (χ2n) is 4.71. The number of aryl methyl sites for hydroxylation is 1.